The third kappa shape index (κ3) is 2.76. The van der Waals surface area contributed by atoms with Crippen LogP contribution < -0.4 is 0 Å². The van der Waals surface area contributed by atoms with Gasteiger partial charge in [-0.15, -0.1) is 6.42 Å². The Balaban J connectivity index is 2.49. The largest absolute Gasteiger partial charge is 0.224 e. The number of hydrogen-bond donors (Lipinski definition) is 0. The van der Waals surface area contributed by atoms with E-state index in [0.717, 1.165) is 18.4 Å². The summed E-state index contributed by atoms with van der Waals surface area (Å²) in [7, 11) is -3.21. The van der Waals surface area contributed by atoms with Gasteiger partial charge in [0.15, 0.2) is 9.84 Å². The quantitative estimate of drug-likeness (QED) is 0.767. The van der Waals surface area contributed by atoms with Crippen LogP contribution in [0.1, 0.15) is 49.1 Å². The second-order valence-electron chi connectivity index (χ2n) is 5.00. The second kappa shape index (κ2) is 5.16. The zero-order valence-corrected chi connectivity index (χ0v) is 11.5. The van der Waals surface area contributed by atoms with E-state index in [9.17, 15) is 8.42 Å². The van der Waals surface area contributed by atoms with Crippen molar-refractivity contribution in [3.8, 4) is 12.3 Å². The number of terminal acetylenes is 1. The van der Waals surface area contributed by atoms with Crippen molar-refractivity contribution in [2.24, 2.45) is 0 Å². The highest BCUT2D eigenvalue weighted by atomic mass is 32.2. The predicted molar refractivity (Wildman–Crippen MR) is 73.3 cm³/mol. The van der Waals surface area contributed by atoms with Gasteiger partial charge in [-0.1, -0.05) is 31.2 Å². The Labute approximate surface area is 109 Å². The van der Waals surface area contributed by atoms with E-state index in [-0.39, 0.29) is 0 Å². The van der Waals surface area contributed by atoms with Gasteiger partial charge in [-0.2, -0.15) is 0 Å². The molecule has 0 spiro atoms. The van der Waals surface area contributed by atoms with E-state index in [2.05, 4.69) is 5.92 Å². The molecular weight excluding hydrogens is 244 g/mol. The maximum Gasteiger partial charge on any atom is 0.175 e. The molecule has 0 aromatic heterocycles. The zero-order chi connectivity index (χ0) is 13.2. The fourth-order valence-corrected chi connectivity index (χ4v) is 3.70. The van der Waals surface area contributed by atoms with Crippen molar-refractivity contribution in [3.63, 3.8) is 0 Å². The lowest BCUT2D eigenvalue weighted by Gasteiger charge is -2.24. The summed E-state index contributed by atoms with van der Waals surface area (Å²) < 4.78 is 23.8. The van der Waals surface area contributed by atoms with Crippen LogP contribution in [-0.4, -0.2) is 14.7 Å². The molecule has 0 saturated heterocycles. The molecule has 0 bridgehead atoms. The fourth-order valence-electron chi connectivity index (χ4n) is 2.70. The highest BCUT2D eigenvalue weighted by Gasteiger charge is 2.22. The molecule has 0 heterocycles. The Morgan fingerprint density at radius 1 is 1.22 bits per heavy atom. The van der Waals surface area contributed by atoms with Crippen LogP contribution in [0, 0.1) is 12.3 Å². The van der Waals surface area contributed by atoms with Gasteiger partial charge in [0.1, 0.15) is 0 Å². The number of sulfone groups is 1. The van der Waals surface area contributed by atoms with Gasteiger partial charge in [0, 0.05) is 11.8 Å². The lowest BCUT2D eigenvalue weighted by molar-refractivity contribution is 0.438. The van der Waals surface area contributed by atoms with Crippen LogP contribution in [0.4, 0.5) is 0 Å². The van der Waals surface area contributed by atoms with Crippen molar-refractivity contribution in [2.45, 2.75) is 42.9 Å². The standard InChI is InChI=1S/C15H18O2S/c1-3-12-9-10-14(13-7-5-4-6-8-13)15(11-12)18(2,16)17/h1,9-11,13H,4-8H2,2H3. The van der Waals surface area contributed by atoms with Gasteiger partial charge < -0.3 is 0 Å². The van der Waals surface area contributed by atoms with Gasteiger partial charge in [0.05, 0.1) is 4.90 Å². The summed E-state index contributed by atoms with van der Waals surface area (Å²) in [4.78, 5) is 0.421. The summed E-state index contributed by atoms with van der Waals surface area (Å²) in [6.07, 6.45) is 12.4. The molecule has 0 amide bonds. The Morgan fingerprint density at radius 3 is 2.44 bits per heavy atom. The minimum Gasteiger partial charge on any atom is -0.224 e. The van der Waals surface area contributed by atoms with Crippen LogP contribution in [0.25, 0.3) is 0 Å². The summed E-state index contributed by atoms with van der Waals surface area (Å²) in [5, 5.41) is 0. The van der Waals surface area contributed by atoms with Crippen LogP contribution in [0.3, 0.4) is 0 Å². The second-order valence-corrected chi connectivity index (χ2v) is 6.99. The Kier molecular flexibility index (Phi) is 3.77. The topological polar surface area (TPSA) is 34.1 Å². The number of hydrogen-bond acceptors (Lipinski definition) is 2. The summed E-state index contributed by atoms with van der Waals surface area (Å²) in [6.45, 7) is 0. The molecule has 18 heavy (non-hydrogen) atoms. The summed E-state index contributed by atoms with van der Waals surface area (Å²) in [5.41, 5.74) is 1.59. The smallest absolute Gasteiger partial charge is 0.175 e. The molecule has 0 aliphatic heterocycles. The molecular formula is C15H18O2S. The van der Waals surface area contributed by atoms with Gasteiger partial charge in [0.2, 0.25) is 0 Å². The predicted octanol–water partition coefficient (Wildman–Crippen LogP) is 3.12. The lowest BCUT2D eigenvalue weighted by Crippen LogP contribution is -2.10. The summed E-state index contributed by atoms with van der Waals surface area (Å²) in [5.74, 6) is 2.88. The maximum absolute atomic E-state index is 11.9. The summed E-state index contributed by atoms with van der Waals surface area (Å²) in [6, 6.07) is 5.39. The van der Waals surface area contributed by atoms with Crippen molar-refractivity contribution >= 4 is 9.84 Å². The van der Waals surface area contributed by atoms with Crippen molar-refractivity contribution in [1.29, 1.82) is 0 Å². The molecule has 0 atom stereocenters. The highest BCUT2D eigenvalue weighted by Crippen LogP contribution is 2.36. The molecule has 2 nitrogen and oxygen atoms in total. The average molecular weight is 262 g/mol. The Bertz CT molecular complexity index is 573. The molecule has 1 fully saturated rings. The van der Waals surface area contributed by atoms with Gasteiger partial charge in [-0.25, -0.2) is 8.42 Å². The molecule has 2 rings (SSSR count). The third-order valence-electron chi connectivity index (χ3n) is 3.62. The molecule has 1 aromatic carbocycles. The Hall–Kier alpha value is -1.27. The van der Waals surface area contributed by atoms with Crippen LogP contribution in [0.2, 0.25) is 0 Å². The third-order valence-corrected chi connectivity index (χ3v) is 4.78. The van der Waals surface area contributed by atoms with Crippen molar-refractivity contribution in [2.75, 3.05) is 6.26 Å². The molecule has 0 radical (unpaired) electrons. The zero-order valence-electron chi connectivity index (χ0n) is 10.6. The van der Waals surface area contributed by atoms with Gasteiger partial charge in [0.25, 0.3) is 0 Å². The molecule has 3 heteroatoms. The normalized spacial score (nSPS) is 17.3. The SMILES string of the molecule is C#Cc1ccc(C2CCCCC2)c(S(C)(=O)=O)c1. The van der Waals surface area contributed by atoms with E-state index in [0.29, 0.717) is 16.4 Å². The first kappa shape index (κ1) is 13.2. The van der Waals surface area contributed by atoms with Crippen LogP contribution in [0.5, 0.6) is 0 Å². The molecule has 1 aromatic rings. The van der Waals surface area contributed by atoms with Gasteiger partial charge in [-0.05, 0) is 36.5 Å². The maximum atomic E-state index is 11.9. The van der Waals surface area contributed by atoms with E-state index < -0.39 is 9.84 Å². The number of benzene rings is 1. The number of rotatable bonds is 2. The molecule has 96 valence electrons. The van der Waals surface area contributed by atoms with Gasteiger partial charge >= 0.3 is 0 Å². The van der Waals surface area contributed by atoms with Crippen molar-refractivity contribution < 1.29 is 8.42 Å². The van der Waals surface area contributed by atoms with Gasteiger partial charge in [-0.3, -0.25) is 0 Å². The molecule has 0 N–H and O–H groups in total. The lowest BCUT2D eigenvalue weighted by atomic mass is 9.84. The fraction of sp³-hybridized carbons (Fsp3) is 0.467. The van der Waals surface area contributed by atoms with E-state index >= 15 is 0 Å². The first-order chi connectivity index (χ1) is 8.52. The van der Waals surface area contributed by atoms with E-state index in [1.165, 1.54) is 25.5 Å². The minimum absolute atomic E-state index is 0.371. The monoisotopic (exact) mass is 262 g/mol. The van der Waals surface area contributed by atoms with Crippen LogP contribution >= 0.6 is 0 Å². The van der Waals surface area contributed by atoms with E-state index in [1.54, 1.807) is 6.07 Å². The van der Waals surface area contributed by atoms with E-state index in [1.807, 2.05) is 12.1 Å². The minimum atomic E-state index is -3.21. The summed E-state index contributed by atoms with van der Waals surface area (Å²) >= 11 is 0. The first-order valence-corrected chi connectivity index (χ1v) is 8.22. The average Bonchev–Trinajstić information content (AvgIpc) is 2.38. The molecule has 0 unspecified atom stereocenters. The molecule has 1 aliphatic rings. The van der Waals surface area contributed by atoms with Crippen molar-refractivity contribution in [1.82, 2.24) is 0 Å². The van der Waals surface area contributed by atoms with E-state index in [4.69, 9.17) is 6.42 Å². The van der Waals surface area contributed by atoms with Crippen LogP contribution in [-0.2, 0) is 9.84 Å². The molecule has 1 aliphatic carbocycles. The van der Waals surface area contributed by atoms with Crippen molar-refractivity contribution in [3.05, 3.63) is 29.3 Å². The highest BCUT2D eigenvalue weighted by molar-refractivity contribution is 7.90. The molecule has 1 saturated carbocycles. The first-order valence-electron chi connectivity index (χ1n) is 6.33. The van der Waals surface area contributed by atoms with Crippen LogP contribution in [0.15, 0.2) is 23.1 Å². The Morgan fingerprint density at radius 2 is 1.89 bits per heavy atom.